The second-order valence-corrected chi connectivity index (χ2v) is 8.15. The lowest BCUT2D eigenvalue weighted by atomic mass is 9.96. The smallest absolute Gasteiger partial charge is 0.0984 e. The Labute approximate surface area is 164 Å². The summed E-state index contributed by atoms with van der Waals surface area (Å²) < 4.78 is 0. The number of dihydropyridines is 1. The maximum Gasteiger partial charge on any atom is 0.0984 e. The molecule has 3 aliphatic heterocycles. The van der Waals surface area contributed by atoms with E-state index in [2.05, 4.69) is 76.8 Å². The minimum atomic E-state index is 0.160. The molecule has 0 radical (unpaired) electrons. The molecule has 4 atom stereocenters. The molecule has 4 unspecified atom stereocenters. The van der Waals surface area contributed by atoms with Crippen molar-refractivity contribution in [2.24, 2.45) is 5.92 Å². The zero-order chi connectivity index (χ0) is 19.1. The summed E-state index contributed by atoms with van der Waals surface area (Å²) in [5.41, 5.74) is 2.34. The van der Waals surface area contributed by atoms with Gasteiger partial charge in [0, 0.05) is 26.0 Å². The van der Waals surface area contributed by atoms with Crippen molar-refractivity contribution in [2.75, 3.05) is 26.8 Å². The summed E-state index contributed by atoms with van der Waals surface area (Å²) in [5, 5.41) is 17.8. The maximum atomic E-state index is 3.75. The lowest BCUT2D eigenvalue weighted by molar-refractivity contribution is 0.284. The van der Waals surface area contributed by atoms with Gasteiger partial charge in [-0.15, -0.1) is 0 Å². The van der Waals surface area contributed by atoms with Gasteiger partial charge in [0.05, 0.1) is 23.7 Å². The monoisotopic (exact) mass is 374 g/mol. The molecular weight excluding hydrogens is 336 g/mol. The van der Waals surface area contributed by atoms with Crippen LogP contribution in [0.1, 0.15) is 46.0 Å². The minimum Gasteiger partial charge on any atom is -0.365 e. The molecule has 0 bridgehead atoms. The summed E-state index contributed by atoms with van der Waals surface area (Å²) in [6.07, 6.45) is 15.6. The highest BCUT2D eigenvalue weighted by Gasteiger charge is 2.25. The molecule has 3 heterocycles. The average molecular weight is 375 g/mol. The lowest BCUT2D eigenvalue weighted by Crippen LogP contribution is -2.46. The van der Waals surface area contributed by atoms with Gasteiger partial charge in [-0.3, -0.25) is 5.32 Å². The average Bonchev–Trinajstić information content (AvgIpc) is 2.91. The van der Waals surface area contributed by atoms with E-state index in [4.69, 9.17) is 0 Å². The van der Waals surface area contributed by atoms with Crippen LogP contribution in [0.4, 0.5) is 0 Å². The summed E-state index contributed by atoms with van der Waals surface area (Å²) in [6.45, 7) is 7.46. The van der Waals surface area contributed by atoms with E-state index in [0.29, 0.717) is 12.2 Å². The van der Waals surface area contributed by atoms with Crippen LogP contribution in [0.25, 0.3) is 0 Å². The second-order valence-electron chi connectivity index (χ2n) is 8.15. The quantitative estimate of drug-likeness (QED) is 0.330. The molecule has 3 rings (SSSR count). The topological polar surface area (TPSA) is 63.4 Å². The zero-order valence-corrected chi connectivity index (χ0v) is 17.2. The highest BCUT2D eigenvalue weighted by atomic mass is 15.3. The fraction of sp³-hybridized carbons (Fsp3) is 0.714. The highest BCUT2D eigenvalue weighted by molar-refractivity contribution is 5.36. The number of nitrogens with one attached hydrogen (secondary N) is 5. The molecule has 0 saturated carbocycles. The molecule has 0 aromatic rings. The van der Waals surface area contributed by atoms with Crippen molar-refractivity contribution in [2.45, 2.75) is 64.3 Å². The predicted octanol–water partition coefficient (Wildman–Crippen LogP) is 1.77. The first kappa shape index (κ1) is 20.2. The Morgan fingerprint density at radius 2 is 2.11 bits per heavy atom. The Kier molecular flexibility index (Phi) is 7.61. The molecule has 6 heteroatoms. The van der Waals surface area contributed by atoms with Gasteiger partial charge < -0.3 is 26.2 Å². The highest BCUT2D eigenvalue weighted by Crippen LogP contribution is 2.23. The third kappa shape index (κ3) is 5.99. The molecule has 0 aromatic heterocycles. The van der Waals surface area contributed by atoms with Crippen LogP contribution < -0.4 is 26.6 Å². The molecule has 0 spiro atoms. The van der Waals surface area contributed by atoms with E-state index in [1.165, 1.54) is 37.9 Å². The van der Waals surface area contributed by atoms with Crippen LogP contribution in [0.3, 0.4) is 0 Å². The van der Waals surface area contributed by atoms with Crippen LogP contribution in [-0.4, -0.2) is 50.1 Å². The van der Waals surface area contributed by atoms with Crippen molar-refractivity contribution >= 4 is 0 Å². The van der Waals surface area contributed by atoms with Crippen LogP contribution in [0.15, 0.2) is 35.8 Å². The lowest BCUT2D eigenvalue weighted by Gasteiger charge is -2.26. The van der Waals surface area contributed by atoms with Gasteiger partial charge in [0.15, 0.2) is 0 Å². The number of allylic oxidation sites excluding steroid dienone is 2. The number of hydrogen-bond acceptors (Lipinski definition) is 6. The Morgan fingerprint density at radius 1 is 1.22 bits per heavy atom. The molecular formula is C21H38N6. The molecule has 27 heavy (non-hydrogen) atoms. The van der Waals surface area contributed by atoms with Crippen molar-refractivity contribution in [3.05, 3.63) is 35.8 Å². The van der Waals surface area contributed by atoms with E-state index in [-0.39, 0.29) is 6.17 Å². The van der Waals surface area contributed by atoms with Crippen LogP contribution in [-0.2, 0) is 0 Å². The van der Waals surface area contributed by atoms with Crippen LogP contribution in [0.2, 0.25) is 0 Å². The Hall–Kier alpha value is -1.50. The van der Waals surface area contributed by atoms with Crippen LogP contribution in [0, 0.1) is 5.92 Å². The summed E-state index contributed by atoms with van der Waals surface area (Å²) in [4.78, 5) is 2.32. The first-order valence-corrected chi connectivity index (χ1v) is 10.7. The van der Waals surface area contributed by atoms with Gasteiger partial charge in [-0.1, -0.05) is 19.9 Å². The van der Waals surface area contributed by atoms with E-state index in [1.807, 2.05) is 0 Å². The molecule has 152 valence electrons. The molecule has 0 aliphatic carbocycles. The zero-order valence-electron chi connectivity index (χ0n) is 17.2. The molecule has 0 amide bonds. The van der Waals surface area contributed by atoms with Crippen molar-refractivity contribution < 1.29 is 0 Å². The molecule has 3 aliphatic rings. The van der Waals surface area contributed by atoms with E-state index in [1.54, 1.807) is 0 Å². The van der Waals surface area contributed by atoms with E-state index in [0.717, 1.165) is 31.2 Å². The Bertz CT molecular complexity index is 555. The fourth-order valence-corrected chi connectivity index (χ4v) is 4.18. The van der Waals surface area contributed by atoms with E-state index >= 15 is 0 Å². The number of hydrogen-bond donors (Lipinski definition) is 5. The van der Waals surface area contributed by atoms with Crippen molar-refractivity contribution in [3.63, 3.8) is 0 Å². The molecule has 1 fully saturated rings. The summed E-state index contributed by atoms with van der Waals surface area (Å²) in [7, 11) is 2.17. The SMILES string of the molecule is CCNCNC1C=CC=C(C2=CN(C)C(CCC3CC(C)CCCN3)N2)N1. The van der Waals surface area contributed by atoms with Crippen molar-refractivity contribution in [3.8, 4) is 0 Å². The summed E-state index contributed by atoms with van der Waals surface area (Å²) >= 11 is 0. The maximum absolute atomic E-state index is 3.75. The largest absolute Gasteiger partial charge is 0.365 e. The van der Waals surface area contributed by atoms with Gasteiger partial charge in [0.1, 0.15) is 0 Å². The first-order chi connectivity index (χ1) is 13.2. The predicted molar refractivity (Wildman–Crippen MR) is 113 cm³/mol. The van der Waals surface area contributed by atoms with Gasteiger partial charge in [-0.05, 0) is 63.3 Å². The number of rotatable bonds is 8. The Morgan fingerprint density at radius 3 is 2.96 bits per heavy atom. The van der Waals surface area contributed by atoms with Gasteiger partial charge in [0.25, 0.3) is 0 Å². The summed E-state index contributed by atoms with van der Waals surface area (Å²) in [6, 6.07) is 0.663. The van der Waals surface area contributed by atoms with Gasteiger partial charge in [0.2, 0.25) is 0 Å². The first-order valence-electron chi connectivity index (χ1n) is 10.7. The standard InChI is InChI=1S/C21H38N6/c1-4-22-15-24-20-9-5-8-18(25-20)19-14-27(3)21(26-19)11-10-17-13-16(2)7-6-12-23-17/h5,8-9,14,16-17,20-26H,4,6-7,10-13,15H2,1-3H3. The third-order valence-corrected chi connectivity index (χ3v) is 5.79. The molecule has 6 nitrogen and oxygen atoms in total. The van der Waals surface area contributed by atoms with Crippen LogP contribution >= 0.6 is 0 Å². The second kappa shape index (κ2) is 10.2. The third-order valence-electron chi connectivity index (χ3n) is 5.79. The molecule has 5 N–H and O–H groups in total. The van der Waals surface area contributed by atoms with Crippen LogP contribution in [0.5, 0.6) is 0 Å². The molecule has 0 aromatic carbocycles. The van der Waals surface area contributed by atoms with Crippen molar-refractivity contribution in [1.82, 2.24) is 31.5 Å². The van der Waals surface area contributed by atoms with Crippen molar-refractivity contribution in [1.29, 1.82) is 0 Å². The minimum absolute atomic E-state index is 0.160. The van der Waals surface area contributed by atoms with Gasteiger partial charge in [-0.2, -0.15) is 0 Å². The normalized spacial score (nSPS) is 31.0. The fourth-order valence-electron chi connectivity index (χ4n) is 4.18. The van der Waals surface area contributed by atoms with Gasteiger partial charge >= 0.3 is 0 Å². The van der Waals surface area contributed by atoms with E-state index < -0.39 is 0 Å². The molecule has 1 saturated heterocycles. The van der Waals surface area contributed by atoms with E-state index in [9.17, 15) is 0 Å². The number of nitrogens with zero attached hydrogens (tertiary/aromatic N) is 1. The summed E-state index contributed by atoms with van der Waals surface area (Å²) in [5.74, 6) is 0.850. The van der Waals surface area contributed by atoms with Gasteiger partial charge in [-0.25, -0.2) is 0 Å². The Balaban J connectivity index is 1.46.